The van der Waals surface area contributed by atoms with Gasteiger partial charge in [0.15, 0.2) is 5.82 Å². The van der Waals surface area contributed by atoms with Crippen molar-refractivity contribution < 1.29 is 9.53 Å². The molecule has 9 nitrogen and oxygen atoms in total. The summed E-state index contributed by atoms with van der Waals surface area (Å²) in [6.07, 6.45) is 4.66. The standard InChI is InChI=1S/C25H33N7O2/c1-15-12-21(31-30-15)28-22-19-10-5-6-11-20(19)27-23(29-22)26-16-13-17-8-7-9-18(14-16)32(17)24(33)34-25(2,3)4/h5-6,10-12,16-18H,7-9,13-14H2,1-4H3,(H3,26,27,28,29,30,31). The number of aromatic nitrogens is 4. The number of hydrogen-bond donors (Lipinski definition) is 3. The van der Waals surface area contributed by atoms with Gasteiger partial charge in [-0.3, -0.25) is 5.10 Å². The number of carbonyl (C=O) groups excluding carboxylic acids is 1. The highest BCUT2D eigenvalue weighted by Crippen LogP contribution is 2.36. The van der Waals surface area contributed by atoms with Crippen LogP contribution in [0.15, 0.2) is 30.3 Å². The molecule has 9 heteroatoms. The lowest BCUT2D eigenvalue weighted by atomic mass is 9.82. The molecule has 3 aromatic rings. The molecule has 2 aliphatic heterocycles. The van der Waals surface area contributed by atoms with Gasteiger partial charge in [-0.15, -0.1) is 0 Å². The Morgan fingerprint density at radius 3 is 2.56 bits per heavy atom. The highest BCUT2D eigenvalue weighted by molar-refractivity contribution is 5.91. The van der Waals surface area contributed by atoms with E-state index in [1.807, 2.05) is 62.9 Å². The minimum Gasteiger partial charge on any atom is -0.444 e. The van der Waals surface area contributed by atoms with Crippen LogP contribution in [0.2, 0.25) is 0 Å². The van der Waals surface area contributed by atoms with Gasteiger partial charge in [-0.1, -0.05) is 12.1 Å². The maximum atomic E-state index is 12.9. The second-order valence-electron chi connectivity index (χ2n) is 10.4. The SMILES string of the molecule is Cc1cc(Nc2nc(NC3CC4CCCC(C3)N4C(=O)OC(C)(C)C)nc3ccccc23)n[nH]1. The molecular formula is C25H33N7O2. The number of ether oxygens (including phenoxy) is 1. The van der Waals surface area contributed by atoms with Crippen LogP contribution in [0.5, 0.6) is 0 Å². The molecule has 0 aliphatic carbocycles. The first kappa shape index (κ1) is 22.4. The van der Waals surface area contributed by atoms with Crippen LogP contribution in [0.25, 0.3) is 10.9 Å². The van der Waals surface area contributed by atoms with Gasteiger partial charge in [-0.25, -0.2) is 9.78 Å². The van der Waals surface area contributed by atoms with Gasteiger partial charge in [-0.05, 0) is 71.9 Å². The highest BCUT2D eigenvalue weighted by Gasteiger charge is 2.42. The zero-order chi connectivity index (χ0) is 23.9. The fourth-order valence-electron chi connectivity index (χ4n) is 5.13. The Hall–Kier alpha value is -3.36. The van der Waals surface area contributed by atoms with E-state index in [2.05, 4.69) is 20.8 Å². The van der Waals surface area contributed by atoms with E-state index in [0.717, 1.165) is 48.7 Å². The number of carbonyl (C=O) groups is 1. The lowest BCUT2D eigenvalue weighted by molar-refractivity contribution is -0.0199. The van der Waals surface area contributed by atoms with Crippen LogP contribution >= 0.6 is 0 Å². The van der Waals surface area contributed by atoms with Crippen LogP contribution in [0, 0.1) is 6.92 Å². The van der Waals surface area contributed by atoms with E-state index in [1.54, 1.807) is 0 Å². The van der Waals surface area contributed by atoms with Crippen LogP contribution in [0.1, 0.15) is 58.6 Å². The van der Waals surface area contributed by atoms with Crippen molar-refractivity contribution in [3.05, 3.63) is 36.0 Å². The number of para-hydroxylation sites is 1. The molecule has 2 unspecified atom stereocenters. The Morgan fingerprint density at radius 1 is 1.15 bits per heavy atom. The minimum absolute atomic E-state index is 0.171. The third-order valence-electron chi connectivity index (χ3n) is 6.47. The molecule has 1 amide bonds. The van der Waals surface area contributed by atoms with Crippen molar-refractivity contribution in [3.8, 4) is 0 Å². The van der Waals surface area contributed by atoms with Crippen molar-refractivity contribution in [2.45, 2.75) is 83.5 Å². The Kier molecular flexibility index (Phi) is 5.79. The van der Waals surface area contributed by atoms with Gasteiger partial charge in [-0.2, -0.15) is 10.1 Å². The van der Waals surface area contributed by atoms with Gasteiger partial charge >= 0.3 is 6.09 Å². The molecule has 0 spiro atoms. The predicted octanol–water partition coefficient (Wildman–Crippen LogP) is 5.14. The average Bonchev–Trinajstić information content (AvgIpc) is 3.16. The number of aromatic amines is 1. The molecule has 5 rings (SSSR count). The molecule has 2 aromatic heterocycles. The zero-order valence-electron chi connectivity index (χ0n) is 20.3. The van der Waals surface area contributed by atoms with E-state index in [-0.39, 0.29) is 24.2 Å². The normalized spacial score (nSPS) is 22.5. The van der Waals surface area contributed by atoms with Gasteiger partial charge in [0.1, 0.15) is 11.4 Å². The molecule has 0 saturated carbocycles. The molecule has 2 saturated heterocycles. The molecule has 4 heterocycles. The summed E-state index contributed by atoms with van der Waals surface area (Å²) in [4.78, 5) is 24.5. The topological polar surface area (TPSA) is 108 Å². The first-order chi connectivity index (χ1) is 16.2. The summed E-state index contributed by atoms with van der Waals surface area (Å²) in [5.41, 5.74) is 1.35. The van der Waals surface area contributed by atoms with E-state index in [1.165, 1.54) is 0 Å². The van der Waals surface area contributed by atoms with Crippen LogP contribution < -0.4 is 10.6 Å². The number of nitrogens with zero attached hydrogens (tertiary/aromatic N) is 4. The van der Waals surface area contributed by atoms with Crippen LogP contribution in [-0.2, 0) is 4.74 Å². The predicted molar refractivity (Wildman–Crippen MR) is 132 cm³/mol. The summed E-state index contributed by atoms with van der Waals surface area (Å²) in [6.45, 7) is 7.72. The van der Waals surface area contributed by atoms with E-state index >= 15 is 0 Å². The monoisotopic (exact) mass is 463 g/mol. The summed E-state index contributed by atoms with van der Waals surface area (Å²) in [5.74, 6) is 2.01. The molecule has 1 aromatic carbocycles. The number of benzene rings is 1. The smallest absolute Gasteiger partial charge is 0.410 e. The van der Waals surface area contributed by atoms with Gasteiger partial charge in [0.05, 0.1) is 5.52 Å². The number of rotatable bonds is 4. The van der Waals surface area contributed by atoms with Crippen LogP contribution in [0.4, 0.5) is 22.4 Å². The average molecular weight is 464 g/mol. The Labute approximate surface area is 199 Å². The van der Waals surface area contributed by atoms with Crippen molar-refractivity contribution in [1.82, 2.24) is 25.1 Å². The molecular weight excluding hydrogens is 430 g/mol. The summed E-state index contributed by atoms with van der Waals surface area (Å²) in [5, 5.41) is 15.1. The number of anilines is 3. The number of nitrogens with one attached hydrogen (secondary N) is 3. The maximum Gasteiger partial charge on any atom is 0.410 e. The Morgan fingerprint density at radius 2 is 1.88 bits per heavy atom. The number of fused-ring (bicyclic) bond motifs is 3. The third kappa shape index (κ3) is 4.78. The third-order valence-corrected chi connectivity index (χ3v) is 6.47. The first-order valence-electron chi connectivity index (χ1n) is 12.1. The van der Waals surface area contributed by atoms with E-state index in [4.69, 9.17) is 14.7 Å². The largest absolute Gasteiger partial charge is 0.444 e. The quantitative estimate of drug-likeness (QED) is 0.492. The molecule has 2 atom stereocenters. The molecule has 180 valence electrons. The van der Waals surface area contributed by atoms with E-state index in [9.17, 15) is 4.79 Å². The van der Waals surface area contributed by atoms with Crippen LogP contribution in [0.3, 0.4) is 0 Å². The van der Waals surface area contributed by atoms with Crippen molar-refractivity contribution in [3.63, 3.8) is 0 Å². The second kappa shape index (κ2) is 8.77. The fourth-order valence-corrected chi connectivity index (χ4v) is 5.13. The second-order valence-corrected chi connectivity index (χ2v) is 10.4. The molecule has 2 bridgehead atoms. The minimum atomic E-state index is -0.490. The molecule has 0 radical (unpaired) electrons. The Bertz CT molecular complexity index is 1170. The van der Waals surface area contributed by atoms with Crippen molar-refractivity contribution in [1.29, 1.82) is 0 Å². The summed E-state index contributed by atoms with van der Waals surface area (Å²) < 4.78 is 5.71. The van der Waals surface area contributed by atoms with Crippen molar-refractivity contribution in [2.24, 2.45) is 0 Å². The van der Waals surface area contributed by atoms with Gasteiger partial charge in [0.25, 0.3) is 0 Å². The molecule has 3 N–H and O–H groups in total. The van der Waals surface area contributed by atoms with Gasteiger partial charge < -0.3 is 20.3 Å². The van der Waals surface area contributed by atoms with E-state index in [0.29, 0.717) is 17.6 Å². The Balaban J connectivity index is 1.36. The lowest BCUT2D eigenvalue weighted by Gasteiger charge is -2.48. The molecule has 2 aliphatic rings. The first-order valence-corrected chi connectivity index (χ1v) is 12.1. The van der Waals surface area contributed by atoms with E-state index < -0.39 is 5.60 Å². The molecule has 2 fully saturated rings. The number of H-pyrrole nitrogens is 1. The number of aryl methyl sites for hydroxylation is 1. The van der Waals surface area contributed by atoms with Crippen LogP contribution in [-0.4, -0.2) is 54.9 Å². The number of piperidine rings is 2. The van der Waals surface area contributed by atoms with Gasteiger partial charge in [0.2, 0.25) is 5.95 Å². The lowest BCUT2D eigenvalue weighted by Crippen LogP contribution is -2.58. The fraction of sp³-hybridized carbons (Fsp3) is 0.520. The van der Waals surface area contributed by atoms with Crippen molar-refractivity contribution in [2.75, 3.05) is 10.6 Å². The number of amides is 1. The maximum absolute atomic E-state index is 12.9. The zero-order valence-corrected chi connectivity index (χ0v) is 20.3. The van der Waals surface area contributed by atoms with Gasteiger partial charge in [0, 0.05) is 35.3 Å². The van der Waals surface area contributed by atoms with Crippen molar-refractivity contribution >= 4 is 34.6 Å². The summed E-state index contributed by atoms with van der Waals surface area (Å²) >= 11 is 0. The highest BCUT2D eigenvalue weighted by atomic mass is 16.6. The summed E-state index contributed by atoms with van der Waals surface area (Å²) in [6, 6.07) is 10.4. The molecule has 34 heavy (non-hydrogen) atoms. The summed E-state index contributed by atoms with van der Waals surface area (Å²) in [7, 11) is 0. The number of hydrogen-bond acceptors (Lipinski definition) is 7.